The molecule has 25 heavy (non-hydrogen) atoms. The molecule has 9 heteroatoms. The molecule has 0 bridgehead atoms. The number of hydrogen-bond acceptors (Lipinski definition) is 5. The number of hydrogen-bond donors (Lipinski definition) is 3. The van der Waals surface area contributed by atoms with Crippen molar-refractivity contribution in [3.63, 3.8) is 0 Å². The molecule has 0 saturated heterocycles. The molecule has 0 fully saturated rings. The van der Waals surface area contributed by atoms with Gasteiger partial charge in [-0.25, -0.2) is 13.1 Å². The second-order valence-corrected chi connectivity index (χ2v) is 7.91. The second kappa shape index (κ2) is 10.5. The molecule has 2 rings (SSSR count). The van der Waals surface area contributed by atoms with E-state index in [4.69, 9.17) is 0 Å². The van der Waals surface area contributed by atoms with Crippen LogP contribution in [0.2, 0.25) is 0 Å². The molecule has 0 aliphatic heterocycles. The van der Waals surface area contributed by atoms with Gasteiger partial charge < -0.3 is 10.6 Å². The van der Waals surface area contributed by atoms with E-state index >= 15 is 0 Å². The fraction of sp³-hybridized carbons (Fsp3) is 0.312. The number of benzene rings is 1. The van der Waals surface area contributed by atoms with Gasteiger partial charge in [-0.3, -0.25) is 4.79 Å². The van der Waals surface area contributed by atoms with Crippen LogP contribution in [0.25, 0.3) is 0 Å². The first kappa shape index (κ1) is 21.6. The summed E-state index contributed by atoms with van der Waals surface area (Å²) in [6.07, 6.45) is 0.656. The highest BCUT2D eigenvalue weighted by molar-refractivity contribution is 7.89. The van der Waals surface area contributed by atoms with E-state index in [1.54, 1.807) is 18.4 Å². The van der Waals surface area contributed by atoms with E-state index in [1.807, 2.05) is 17.5 Å². The predicted octanol–water partition coefficient (Wildman–Crippen LogP) is 1.64. The lowest BCUT2D eigenvalue weighted by atomic mass is 10.2. The molecule has 0 spiro atoms. The molecule has 0 radical (unpaired) electrons. The Labute approximate surface area is 158 Å². The van der Waals surface area contributed by atoms with Gasteiger partial charge in [-0.05, 0) is 49.2 Å². The van der Waals surface area contributed by atoms with Crippen molar-refractivity contribution in [1.82, 2.24) is 15.4 Å². The molecule has 1 amide bonds. The van der Waals surface area contributed by atoms with Crippen molar-refractivity contribution < 1.29 is 13.2 Å². The smallest absolute Gasteiger partial charge is 0.251 e. The van der Waals surface area contributed by atoms with E-state index < -0.39 is 10.0 Å². The van der Waals surface area contributed by atoms with Crippen molar-refractivity contribution in [3.05, 3.63) is 52.2 Å². The van der Waals surface area contributed by atoms with Crippen molar-refractivity contribution in [3.8, 4) is 0 Å². The van der Waals surface area contributed by atoms with Crippen molar-refractivity contribution >= 4 is 39.7 Å². The van der Waals surface area contributed by atoms with Crippen LogP contribution in [0.1, 0.15) is 15.2 Å². The summed E-state index contributed by atoms with van der Waals surface area (Å²) in [7, 11) is -1.76. The van der Waals surface area contributed by atoms with E-state index in [0.29, 0.717) is 31.6 Å². The number of rotatable bonds is 9. The summed E-state index contributed by atoms with van der Waals surface area (Å²) in [5.41, 5.74) is 0.434. The number of thiophene rings is 1. The van der Waals surface area contributed by atoms with Crippen molar-refractivity contribution in [2.24, 2.45) is 0 Å². The molecule has 0 aliphatic carbocycles. The summed E-state index contributed by atoms with van der Waals surface area (Å²) in [4.78, 5) is 13.2. The largest absolute Gasteiger partial charge is 0.351 e. The Morgan fingerprint density at radius 1 is 1.08 bits per heavy atom. The molecule has 3 N–H and O–H groups in total. The third-order valence-electron chi connectivity index (χ3n) is 3.33. The van der Waals surface area contributed by atoms with Crippen molar-refractivity contribution in [1.29, 1.82) is 0 Å². The quantitative estimate of drug-likeness (QED) is 0.555. The van der Waals surface area contributed by atoms with Crippen LogP contribution < -0.4 is 15.4 Å². The maximum atomic E-state index is 12.2. The van der Waals surface area contributed by atoms with Gasteiger partial charge in [0.15, 0.2) is 0 Å². The molecule has 1 heterocycles. The first-order valence-electron chi connectivity index (χ1n) is 7.58. The predicted molar refractivity (Wildman–Crippen MR) is 103 cm³/mol. The zero-order chi connectivity index (χ0) is 17.4. The number of nitrogens with one attached hydrogen (secondary N) is 3. The Kier molecular flexibility index (Phi) is 9.09. The standard InChI is InChI=1S/C16H21N3O3S2.ClH/c1-17-10-11-18-16(20)13-4-6-15(7-5-13)24(21,22)19-9-8-14-3-2-12-23-14;/h2-7,12,17,19H,8-11H2,1H3,(H,18,20);1H. The molecule has 138 valence electrons. The minimum atomic E-state index is -3.56. The fourth-order valence-corrected chi connectivity index (χ4v) is 3.78. The van der Waals surface area contributed by atoms with E-state index in [-0.39, 0.29) is 23.2 Å². The molecule has 0 atom stereocenters. The van der Waals surface area contributed by atoms with E-state index in [0.717, 1.165) is 4.88 Å². The van der Waals surface area contributed by atoms with E-state index in [9.17, 15) is 13.2 Å². The van der Waals surface area contributed by atoms with Gasteiger partial charge in [-0.1, -0.05) is 6.07 Å². The number of carbonyl (C=O) groups excluding carboxylic acids is 1. The summed E-state index contributed by atoms with van der Waals surface area (Å²) in [5, 5.41) is 7.64. The van der Waals surface area contributed by atoms with Crippen LogP contribution >= 0.6 is 23.7 Å². The van der Waals surface area contributed by atoms with Crippen LogP contribution in [0.15, 0.2) is 46.7 Å². The average molecular weight is 404 g/mol. The molecule has 0 aliphatic rings. The Bertz CT molecular complexity index is 747. The number of halogens is 1. The van der Waals surface area contributed by atoms with Crippen molar-refractivity contribution in [2.45, 2.75) is 11.3 Å². The molecule has 0 saturated carbocycles. The second-order valence-electron chi connectivity index (χ2n) is 5.11. The van der Waals surface area contributed by atoms with Gasteiger partial charge in [-0.2, -0.15) is 0 Å². The van der Waals surface area contributed by atoms with Gasteiger partial charge in [0.05, 0.1) is 4.90 Å². The first-order chi connectivity index (χ1) is 11.5. The maximum absolute atomic E-state index is 12.2. The van der Waals surface area contributed by atoms with Gasteiger partial charge in [0.1, 0.15) is 0 Å². The summed E-state index contributed by atoms with van der Waals surface area (Å²) >= 11 is 1.60. The van der Waals surface area contributed by atoms with Crippen LogP contribution in [0, 0.1) is 0 Å². The highest BCUT2D eigenvalue weighted by atomic mass is 35.5. The number of carbonyl (C=O) groups is 1. The number of amides is 1. The zero-order valence-corrected chi connectivity index (χ0v) is 16.3. The lowest BCUT2D eigenvalue weighted by Crippen LogP contribution is -2.30. The van der Waals surface area contributed by atoms with Crippen LogP contribution in [0.3, 0.4) is 0 Å². The fourth-order valence-electron chi connectivity index (χ4n) is 2.04. The third kappa shape index (κ3) is 6.75. The van der Waals surface area contributed by atoms with Gasteiger partial charge in [0.2, 0.25) is 10.0 Å². The Morgan fingerprint density at radius 3 is 2.40 bits per heavy atom. The summed E-state index contributed by atoms with van der Waals surface area (Å²) in [5.74, 6) is -0.222. The summed E-state index contributed by atoms with van der Waals surface area (Å²) < 4.78 is 27.0. The molecule has 2 aromatic rings. The average Bonchev–Trinajstić information content (AvgIpc) is 3.08. The zero-order valence-electron chi connectivity index (χ0n) is 13.8. The number of likely N-dealkylation sites (N-methyl/N-ethyl adjacent to an activating group) is 1. The Morgan fingerprint density at radius 2 is 1.80 bits per heavy atom. The molecular weight excluding hydrogens is 382 g/mol. The number of sulfonamides is 1. The summed E-state index contributed by atoms with van der Waals surface area (Å²) in [6.45, 7) is 1.53. The van der Waals surface area contributed by atoms with Crippen molar-refractivity contribution in [2.75, 3.05) is 26.7 Å². The minimum absolute atomic E-state index is 0. The molecule has 1 aromatic heterocycles. The monoisotopic (exact) mass is 403 g/mol. The highest BCUT2D eigenvalue weighted by Crippen LogP contribution is 2.12. The minimum Gasteiger partial charge on any atom is -0.351 e. The normalized spacial score (nSPS) is 10.9. The third-order valence-corrected chi connectivity index (χ3v) is 5.74. The Balaban J connectivity index is 0.00000312. The molecule has 0 unspecified atom stereocenters. The van der Waals surface area contributed by atoms with Gasteiger partial charge in [0.25, 0.3) is 5.91 Å². The topological polar surface area (TPSA) is 87.3 Å². The van der Waals surface area contributed by atoms with Gasteiger partial charge in [0, 0.05) is 30.1 Å². The van der Waals surface area contributed by atoms with Crippen LogP contribution in [-0.2, 0) is 16.4 Å². The summed E-state index contributed by atoms with van der Waals surface area (Å²) in [6, 6.07) is 9.83. The molecular formula is C16H22ClN3O3S2. The molecule has 6 nitrogen and oxygen atoms in total. The molecule has 1 aromatic carbocycles. The van der Waals surface area contributed by atoms with E-state index in [1.165, 1.54) is 24.3 Å². The van der Waals surface area contributed by atoms with Gasteiger partial charge >= 0.3 is 0 Å². The SMILES string of the molecule is CNCCNC(=O)c1ccc(S(=O)(=O)NCCc2cccs2)cc1.Cl. The highest BCUT2D eigenvalue weighted by Gasteiger charge is 2.14. The van der Waals surface area contributed by atoms with Gasteiger partial charge in [-0.15, -0.1) is 23.7 Å². The Hall–Kier alpha value is -1.45. The van der Waals surface area contributed by atoms with Crippen LogP contribution in [0.5, 0.6) is 0 Å². The van der Waals surface area contributed by atoms with E-state index in [2.05, 4.69) is 15.4 Å². The van der Waals surface area contributed by atoms with Crippen LogP contribution in [0.4, 0.5) is 0 Å². The first-order valence-corrected chi connectivity index (χ1v) is 9.94. The van der Waals surface area contributed by atoms with Crippen LogP contribution in [-0.4, -0.2) is 41.0 Å². The lowest BCUT2D eigenvalue weighted by molar-refractivity contribution is 0.0954. The maximum Gasteiger partial charge on any atom is 0.251 e. The lowest BCUT2D eigenvalue weighted by Gasteiger charge is -2.08.